The third-order valence-corrected chi connectivity index (χ3v) is 3.39. The number of unbranched alkanes of at least 4 members (excludes halogenated alkanes) is 1. The first kappa shape index (κ1) is 13.1. The maximum atomic E-state index is 3.55. The zero-order chi connectivity index (χ0) is 12.0. The Balaban J connectivity index is 2.83. The van der Waals surface area contributed by atoms with Crippen LogP contribution in [0.4, 0.5) is 5.69 Å². The highest BCUT2D eigenvalue weighted by Crippen LogP contribution is 2.32. The Morgan fingerprint density at radius 3 is 2.44 bits per heavy atom. The molecule has 16 heavy (non-hydrogen) atoms. The maximum Gasteiger partial charge on any atom is 0.0378 e. The van der Waals surface area contributed by atoms with Gasteiger partial charge in [0.25, 0.3) is 0 Å². The smallest absolute Gasteiger partial charge is 0.0378 e. The molecule has 1 N–H and O–H groups in total. The van der Waals surface area contributed by atoms with E-state index in [0.717, 1.165) is 6.54 Å². The van der Waals surface area contributed by atoms with Crippen LogP contribution in [0.2, 0.25) is 0 Å². The van der Waals surface area contributed by atoms with Crippen LogP contribution < -0.4 is 5.32 Å². The number of rotatable bonds is 6. The van der Waals surface area contributed by atoms with Gasteiger partial charge < -0.3 is 5.32 Å². The average molecular weight is 219 g/mol. The average Bonchev–Trinajstić information content (AvgIpc) is 2.30. The summed E-state index contributed by atoms with van der Waals surface area (Å²) in [5, 5.41) is 3.55. The van der Waals surface area contributed by atoms with Gasteiger partial charge in [0.05, 0.1) is 0 Å². The van der Waals surface area contributed by atoms with Crippen molar-refractivity contribution in [2.75, 3.05) is 11.9 Å². The van der Waals surface area contributed by atoms with Crippen molar-refractivity contribution in [2.45, 2.75) is 52.4 Å². The molecular weight excluding hydrogens is 194 g/mol. The van der Waals surface area contributed by atoms with E-state index < -0.39 is 0 Å². The number of anilines is 1. The van der Waals surface area contributed by atoms with Crippen LogP contribution in [0.1, 0.15) is 52.5 Å². The predicted molar refractivity (Wildman–Crippen MR) is 73.2 cm³/mol. The fourth-order valence-electron chi connectivity index (χ4n) is 1.82. The number of benzene rings is 1. The van der Waals surface area contributed by atoms with Crippen molar-refractivity contribution in [2.24, 2.45) is 0 Å². The molecular formula is C15H25N. The first-order valence-corrected chi connectivity index (χ1v) is 6.45. The second kappa shape index (κ2) is 5.93. The van der Waals surface area contributed by atoms with Crippen molar-refractivity contribution in [3.63, 3.8) is 0 Å². The topological polar surface area (TPSA) is 12.0 Å². The van der Waals surface area contributed by atoms with Gasteiger partial charge in [0.1, 0.15) is 0 Å². The lowest BCUT2D eigenvalue weighted by atomic mass is 9.81. The van der Waals surface area contributed by atoms with E-state index >= 15 is 0 Å². The Kier molecular flexibility index (Phi) is 4.85. The highest BCUT2D eigenvalue weighted by Gasteiger charge is 2.20. The second-order valence-electron chi connectivity index (χ2n) is 5.06. The fraction of sp³-hybridized carbons (Fsp3) is 0.600. The van der Waals surface area contributed by atoms with Crippen LogP contribution in [-0.2, 0) is 5.41 Å². The van der Waals surface area contributed by atoms with Gasteiger partial charge in [-0.3, -0.25) is 0 Å². The number of para-hydroxylation sites is 1. The molecule has 1 aromatic carbocycles. The van der Waals surface area contributed by atoms with Crippen LogP contribution in [0, 0.1) is 0 Å². The van der Waals surface area contributed by atoms with Crippen molar-refractivity contribution in [1.29, 1.82) is 0 Å². The van der Waals surface area contributed by atoms with Gasteiger partial charge >= 0.3 is 0 Å². The zero-order valence-electron chi connectivity index (χ0n) is 11.1. The van der Waals surface area contributed by atoms with E-state index in [1.165, 1.54) is 30.5 Å². The van der Waals surface area contributed by atoms with Crippen LogP contribution in [0.25, 0.3) is 0 Å². The summed E-state index contributed by atoms with van der Waals surface area (Å²) in [6.45, 7) is 10.2. The number of hydrogen-bond acceptors (Lipinski definition) is 1. The highest BCUT2D eigenvalue weighted by molar-refractivity contribution is 5.54. The van der Waals surface area contributed by atoms with Gasteiger partial charge in [-0.15, -0.1) is 0 Å². The molecule has 1 rings (SSSR count). The largest absolute Gasteiger partial charge is 0.385 e. The van der Waals surface area contributed by atoms with E-state index in [2.05, 4.69) is 57.3 Å². The highest BCUT2D eigenvalue weighted by atomic mass is 14.9. The summed E-state index contributed by atoms with van der Waals surface area (Å²) in [4.78, 5) is 0. The number of hydrogen-bond donors (Lipinski definition) is 1. The van der Waals surface area contributed by atoms with Crippen molar-refractivity contribution in [3.05, 3.63) is 29.8 Å². The van der Waals surface area contributed by atoms with Gasteiger partial charge in [0.2, 0.25) is 0 Å². The standard InChI is InChI=1S/C15H25N/c1-5-7-12-16-14-11-9-8-10-13(14)15(3,4)6-2/h8-11,16H,5-7,12H2,1-4H3. The van der Waals surface area contributed by atoms with Gasteiger partial charge in [0.15, 0.2) is 0 Å². The minimum absolute atomic E-state index is 0.260. The van der Waals surface area contributed by atoms with Crippen LogP contribution in [0.3, 0.4) is 0 Å². The SMILES string of the molecule is CCCCNc1ccccc1C(C)(C)CC. The molecule has 0 bridgehead atoms. The van der Waals surface area contributed by atoms with E-state index in [9.17, 15) is 0 Å². The minimum Gasteiger partial charge on any atom is -0.385 e. The normalized spacial score (nSPS) is 11.5. The predicted octanol–water partition coefficient (Wildman–Crippen LogP) is 4.59. The van der Waals surface area contributed by atoms with E-state index in [4.69, 9.17) is 0 Å². The van der Waals surface area contributed by atoms with Crippen molar-refractivity contribution in [1.82, 2.24) is 0 Å². The Hall–Kier alpha value is -0.980. The van der Waals surface area contributed by atoms with Gasteiger partial charge in [-0.1, -0.05) is 52.3 Å². The quantitative estimate of drug-likeness (QED) is 0.690. The summed E-state index contributed by atoms with van der Waals surface area (Å²) >= 11 is 0. The Morgan fingerprint density at radius 2 is 1.81 bits per heavy atom. The molecule has 1 aromatic rings. The van der Waals surface area contributed by atoms with Gasteiger partial charge in [0, 0.05) is 12.2 Å². The van der Waals surface area contributed by atoms with Crippen molar-refractivity contribution >= 4 is 5.69 Å². The first-order chi connectivity index (χ1) is 7.61. The molecule has 0 aliphatic rings. The molecule has 0 radical (unpaired) electrons. The summed E-state index contributed by atoms with van der Waals surface area (Å²) in [5.74, 6) is 0. The minimum atomic E-state index is 0.260. The Morgan fingerprint density at radius 1 is 1.12 bits per heavy atom. The van der Waals surface area contributed by atoms with Crippen LogP contribution >= 0.6 is 0 Å². The molecule has 0 aromatic heterocycles. The molecule has 0 heterocycles. The molecule has 0 amide bonds. The van der Waals surface area contributed by atoms with E-state index in [1.54, 1.807) is 0 Å². The summed E-state index contributed by atoms with van der Waals surface area (Å²) in [5.41, 5.74) is 3.01. The molecule has 1 heteroatoms. The van der Waals surface area contributed by atoms with Crippen LogP contribution in [0.15, 0.2) is 24.3 Å². The molecule has 0 spiro atoms. The van der Waals surface area contributed by atoms with E-state index in [1.807, 2.05) is 0 Å². The van der Waals surface area contributed by atoms with Crippen molar-refractivity contribution in [3.8, 4) is 0 Å². The van der Waals surface area contributed by atoms with Crippen LogP contribution in [-0.4, -0.2) is 6.54 Å². The maximum absolute atomic E-state index is 3.55. The summed E-state index contributed by atoms with van der Waals surface area (Å²) in [6.07, 6.45) is 3.65. The van der Waals surface area contributed by atoms with E-state index in [0.29, 0.717) is 0 Å². The molecule has 0 saturated heterocycles. The monoisotopic (exact) mass is 219 g/mol. The van der Waals surface area contributed by atoms with Gasteiger partial charge in [-0.25, -0.2) is 0 Å². The lowest BCUT2D eigenvalue weighted by molar-refractivity contribution is 0.507. The third-order valence-electron chi connectivity index (χ3n) is 3.39. The zero-order valence-corrected chi connectivity index (χ0v) is 11.1. The number of nitrogens with one attached hydrogen (secondary N) is 1. The molecule has 90 valence electrons. The second-order valence-corrected chi connectivity index (χ2v) is 5.06. The molecule has 0 unspecified atom stereocenters. The Bertz CT molecular complexity index is 315. The van der Waals surface area contributed by atoms with Gasteiger partial charge in [-0.05, 0) is 29.9 Å². The lowest BCUT2D eigenvalue weighted by Crippen LogP contribution is -2.18. The van der Waals surface area contributed by atoms with E-state index in [-0.39, 0.29) is 5.41 Å². The molecule has 0 saturated carbocycles. The summed E-state index contributed by atoms with van der Waals surface area (Å²) < 4.78 is 0. The Labute approximate surface area is 100 Å². The third kappa shape index (κ3) is 3.26. The molecule has 0 aliphatic heterocycles. The molecule has 0 atom stereocenters. The summed E-state index contributed by atoms with van der Waals surface area (Å²) in [7, 11) is 0. The van der Waals surface area contributed by atoms with Gasteiger partial charge in [-0.2, -0.15) is 0 Å². The fourth-order valence-corrected chi connectivity index (χ4v) is 1.82. The molecule has 0 aliphatic carbocycles. The van der Waals surface area contributed by atoms with Crippen molar-refractivity contribution < 1.29 is 0 Å². The lowest BCUT2D eigenvalue weighted by Gasteiger charge is -2.26. The first-order valence-electron chi connectivity index (χ1n) is 6.45. The molecule has 0 fully saturated rings. The van der Waals surface area contributed by atoms with Crippen LogP contribution in [0.5, 0.6) is 0 Å². The molecule has 1 nitrogen and oxygen atoms in total. The summed E-state index contributed by atoms with van der Waals surface area (Å²) in [6, 6.07) is 8.70.